The van der Waals surface area contributed by atoms with Crippen LogP contribution in [0.4, 0.5) is 0 Å². The molecule has 1 fully saturated rings. The van der Waals surface area contributed by atoms with Crippen LogP contribution in [0.2, 0.25) is 0 Å². The molecule has 0 N–H and O–H groups in total. The van der Waals surface area contributed by atoms with Crippen LogP contribution in [0.25, 0.3) is 12.2 Å². The third kappa shape index (κ3) is 6.15. The molecule has 0 atom stereocenters. The highest BCUT2D eigenvalue weighted by Gasteiger charge is 2.41. The van der Waals surface area contributed by atoms with E-state index in [9.17, 15) is 10.1 Å². The van der Waals surface area contributed by atoms with Crippen LogP contribution in [-0.2, 0) is 10.2 Å². The van der Waals surface area contributed by atoms with Gasteiger partial charge in [0.1, 0.15) is 24.7 Å². The summed E-state index contributed by atoms with van der Waals surface area (Å²) in [7, 11) is 0. The van der Waals surface area contributed by atoms with Gasteiger partial charge in [-0.05, 0) is 65.9 Å². The minimum Gasteiger partial charge on any atom is -0.490 e. The standard InChI is InChI=1S/C33H29NO3/c1-3-18-36-30-14-10-25(11-15-30)20-27-22-33(24-34,29-8-6-5-7-9-29)23-28(32(27)35)21-26-12-16-31(17-13-26)37-19-4-2/h3-17,20-21H,1-2,18-19,22-23H2. The van der Waals surface area contributed by atoms with E-state index in [0.717, 1.165) is 28.2 Å². The fourth-order valence-corrected chi connectivity index (χ4v) is 4.45. The minimum atomic E-state index is -0.840. The van der Waals surface area contributed by atoms with Crippen molar-refractivity contribution in [3.05, 3.63) is 132 Å². The highest BCUT2D eigenvalue weighted by atomic mass is 16.5. The molecule has 0 aromatic heterocycles. The number of benzene rings is 3. The number of carbonyl (C=O) groups excluding carboxylic acids is 1. The smallest absolute Gasteiger partial charge is 0.185 e. The first-order valence-electron chi connectivity index (χ1n) is 12.2. The number of rotatable bonds is 9. The first kappa shape index (κ1) is 25.5. The zero-order valence-corrected chi connectivity index (χ0v) is 20.7. The van der Waals surface area contributed by atoms with Gasteiger partial charge in [0, 0.05) is 11.1 Å². The van der Waals surface area contributed by atoms with Crippen LogP contribution < -0.4 is 9.47 Å². The van der Waals surface area contributed by atoms with Crippen LogP contribution in [0, 0.1) is 11.3 Å². The lowest BCUT2D eigenvalue weighted by Gasteiger charge is -2.33. The van der Waals surface area contributed by atoms with Gasteiger partial charge in [0.2, 0.25) is 0 Å². The van der Waals surface area contributed by atoms with Crippen molar-refractivity contribution < 1.29 is 14.3 Å². The summed E-state index contributed by atoms with van der Waals surface area (Å²) in [4.78, 5) is 13.7. The topological polar surface area (TPSA) is 59.3 Å². The summed E-state index contributed by atoms with van der Waals surface area (Å²) in [6.07, 6.45) is 7.83. The molecule has 1 aliphatic rings. The zero-order valence-electron chi connectivity index (χ0n) is 20.7. The number of nitrogens with zero attached hydrogens (tertiary/aromatic N) is 1. The Kier molecular flexibility index (Phi) is 8.18. The number of hydrogen-bond acceptors (Lipinski definition) is 4. The lowest BCUT2D eigenvalue weighted by Crippen LogP contribution is -2.33. The molecule has 0 bridgehead atoms. The van der Waals surface area contributed by atoms with Crippen molar-refractivity contribution in [3.8, 4) is 17.6 Å². The van der Waals surface area contributed by atoms with Gasteiger partial charge in [0.25, 0.3) is 0 Å². The minimum absolute atomic E-state index is 0.0410. The van der Waals surface area contributed by atoms with E-state index in [1.807, 2.05) is 91.0 Å². The first-order valence-corrected chi connectivity index (χ1v) is 12.2. The largest absolute Gasteiger partial charge is 0.490 e. The lowest BCUT2D eigenvalue weighted by molar-refractivity contribution is -0.113. The van der Waals surface area contributed by atoms with Gasteiger partial charge in [-0.15, -0.1) is 0 Å². The maximum atomic E-state index is 13.7. The summed E-state index contributed by atoms with van der Waals surface area (Å²) < 4.78 is 11.1. The second kappa shape index (κ2) is 11.9. The van der Waals surface area contributed by atoms with Crippen molar-refractivity contribution in [1.82, 2.24) is 0 Å². The van der Waals surface area contributed by atoms with Crippen LogP contribution in [-0.4, -0.2) is 19.0 Å². The molecule has 37 heavy (non-hydrogen) atoms. The molecule has 184 valence electrons. The molecule has 4 nitrogen and oxygen atoms in total. The van der Waals surface area contributed by atoms with Gasteiger partial charge in [-0.1, -0.05) is 79.9 Å². The molecular weight excluding hydrogens is 458 g/mol. The maximum absolute atomic E-state index is 13.7. The van der Waals surface area contributed by atoms with Crippen LogP contribution in [0.1, 0.15) is 29.5 Å². The summed E-state index contributed by atoms with van der Waals surface area (Å²) >= 11 is 0. The number of allylic oxidation sites excluding steroid dienone is 2. The highest BCUT2D eigenvalue weighted by molar-refractivity contribution is 6.14. The van der Waals surface area contributed by atoms with E-state index in [0.29, 0.717) is 37.2 Å². The van der Waals surface area contributed by atoms with Crippen molar-refractivity contribution in [2.75, 3.05) is 13.2 Å². The van der Waals surface area contributed by atoms with E-state index in [-0.39, 0.29) is 5.78 Å². The average Bonchev–Trinajstić information content (AvgIpc) is 2.95. The van der Waals surface area contributed by atoms with E-state index in [4.69, 9.17) is 9.47 Å². The maximum Gasteiger partial charge on any atom is 0.185 e. The molecular formula is C33H29NO3. The molecule has 1 aliphatic carbocycles. The summed E-state index contributed by atoms with van der Waals surface area (Å²) in [5.41, 5.74) is 3.02. The number of ketones is 1. The summed E-state index contributed by atoms with van der Waals surface area (Å²) in [5, 5.41) is 10.4. The Morgan fingerprint density at radius 3 is 1.62 bits per heavy atom. The fraction of sp³-hybridized carbons (Fsp3) is 0.152. The lowest BCUT2D eigenvalue weighted by atomic mass is 9.66. The summed E-state index contributed by atoms with van der Waals surface area (Å²) in [6, 6.07) is 27.4. The van der Waals surface area contributed by atoms with Gasteiger partial charge < -0.3 is 9.47 Å². The van der Waals surface area contributed by atoms with Gasteiger partial charge in [0.15, 0.2) is 5.78 Å². The van der Waals surface area contributed by atoms with E-state index in [1.54, 1.807) is 12.2 Å². The highest BCUT2D eigenvalue weighted by Crippen LogP contribution is 2.43. The third-order valence-corrected chi connectivity index (χ3v) is 6.29. The van der Waals surface area contributed by atoms with Crippen LogP contribution >= 0.6 is 0 Å². The Labute approximate surface area is 218 Å². The van der Waals surface area contributed by atoms with Crippen molar-refractivity contribution in [1.29, 1.82) is 5.26 Å². The van der Waals surface area contributed by atoms with Gasteiger partial charge in [-0.25, -0.2) is 0 Å². The summed E-state index contributed by atoms with van der Waals surface area (Å²) in [5.74, 6) is 1.42. The molecule has 0 aliphatic heterocycles. The van der Waals surface area contributed by atoms with E-state index < -0.39 is 5.41 Å². The molecule has 0 amide bonds. The molecule has 0 saturated heterocycles. The number of ether oxygens (including phenoxy) is 2. The zero-order chi connectivity index (χ0) is 26.1. The Balaban J connectivity index is 1.72. The SMILES string of the molecule is C=CCOc1ccc(C=C2CC(C#N)(c3ccccc3)CC(=Cc3ccc(OCC=C)cc3)C2=O)cc1. The Hall–Kier alpha value is -4.62. The molecule has 4 heteroatoms. The van der Waals surface area contributed by atoms with E-state index in [2.05, 4.69) is 19.2 Å². The quantitative estimate of drug-likeness (QED) is 0.238. The Morgan fingerprint density at radius 1 is 0.757 bits per heavy atom. The van der Waals surface area contributed by atoms with Crippen molar-refractivity contribution in [2.45, 2.75) is 18.3 Å². The number of carbonyl (C=O) groups is 1. The van der Waals surface area contributed by atoms with Crippen molar-refractivity contribution in [3.63, 3.8) is 0 Å². The van der Waals surface area contributed by atoms with E-state index >= 15 is 0 Å². The average molecular weight is 488 g/mol. The number of hydrogen-bond donors (Lipinski definition) is 0. The molecule has 0 heterocycles. The number of nitriles is 1. The predicted octanol–water partition coefficient (Wildman–Crippen LogP) is 7.11. The second-order valence-electron chi connectivity index (χ2n) is 8.92. The monoisotopic (exact) mass is 487 g/mol. The Morgan fingerprint density at radius 2 is 1.22 bits per heavy atom. The number of Topliss-reactive ketones (excluding diaryl/α,β-unsaturated/α-hetero) is 1. The summed E-state index contributed by atoms with van der Waals surface area (Å²) in [6.45, 7) is 8.18. The normalized spacial score (nSPS) is 19.3. The second-order valence-corrected chi connectivity index (χ2v) is 8.92. The van der Waals surface area contributed by atoms with Crippen LogP contribution in [0.3, 0.4) is 0 Å². The van der Waals surface area contributed by atoms with Crippen molar-refractivity contribution >= 4 is 17.9 Å². The van der Waals surface area contributed by atoms with E-state index in [1.165, 1.54) is 0 Å². The molecule has 4 rings (SSSR count). The molecule has 0 radical (unpaired) electrons. The third-order valence-electron chi connectivity index (χ3n) is 6.29. The fourth-order valence-electron chi connectivity index (χ4n) is 4.45. The molecule has 0 spiro atoms. The van der Waals surface area contributed by atoms with Gasteiger partial charge >= 0.3 is 0 Å². The predicted molar refractivity (Wildman–Crippen MR) is 148 cm³/mol. The van der Waals surface area contributed by atoms with Gasteiger partial charge in [-0.2, -0.15) is 5.26 Å². The Bertz CT molecular complexity index is 1280. The van der Waals surface area contributed by atoms with Gasteiger partial charge in [0.05, 0.1) is 11.5 Å². The van der Waals surface area contributed by atoms with Gasteiger partial charge in [-0.3, -0.25) is 4.79 Å². The molecule has 3 aromatic rings. The van der Waals surface area contributed by atoms with Crippen LogP contribution in [0.15, 0.2) is 115 Å². The van der Waals surface area contributed by atoms with Crippen LogP contribution in [0.5, 0.6) is 11.5 Å². The molecule has 0 unspecified atom stereocenters. The van der Waals surface area contributed by atoms with Crippen molar-refractivity contribution in [2.24, 2.45) is 0 Å². The molecule has 3 aromatic carbocycles. The first-order chi connectivity index (χ1) is 18.1. The molecule has 1 saturated carbocycles.